The first-order valence-electron chi connectivity index (χ1n) is 5.61. The van der Waals surface area contributed by atoms with Gasteiger partial charge in [-0.05, 0) is 12.8 Å². The topological polar surface area (TPSA) is 76.5 Å². The van der Waals surface area contributed by atoms with Crippen LogP contribution in [0.15, 0.2) is 12.4 Å². The molecule has 0 radical (unpaired) electrons. The summed E-state index contributed by atoms with van der Waals surface area (Å²) in [6.45, 7) is 1.33. The van der Waals surface area contributed by atoms with Gasteiger partial charge < -0.3 is 19.9 Å². The number of hydrogen-bond donors (Lipinski definition) is 2. The standard InChI is InChI=1S/C11H17N3O3/c1-16-9-6-12-10(13-7-9)14-11(8-15)2-4-17-5-3-11/h6-7,15H,2-5,8H2,1H3,(H,12,13,14). The maximum Gasteiger partial charge on any atom is 0.223 e. The predicted molar refractivity (Wildman–Crippen MR) is 62.1 cm³/mol. The number of aliphatic hydroxyl groups is 1. The van der Waals surface area contributed by atoms with Gasteiger partial charge in [0.2, 0.25) is 5.95 Å². The second kappa shape index (κ2) is 5.29. The average molecular weight is 239 g/mol. The summed E-state index contributed by atoms with van der Waals surface area (Å²) >= 11 is 0. The highest BCUT2D eigenvalue weighted by molar-refractivity contribution is 5.31. The molecule has 1 aromatic heterocycles. The molecular formula is C11H17N3O3. The van der Waals surface area contributed by atoms with Crippen molar-refractivity contribution < 1.29 is 14.6 Å². The molecule has 2 heterocycles. The van der Waals surface area contributed by atoms with Crippen LogP contribution in [0.3, 0.4) is 0 Å². The van der Waals surface area contributed by atoms with Gasteiger partial charge in [-0.3, -0.25) is 0 Å². The summed E-state index contributed by atoms with van der Waals surface area (Å²) in [6.07, 6.45) is 4.69. The van der Waals surface area contributed by atoms with Crippen LogP contribution in [0.4, 0.5) is 5.95 Å². The highest BCUT2D eigenvalue weighted by Gasteiger charge is 2.32. The average Bonchev–Trinajstić information content (AvgIpc) is 2.41. The van der Waals surface area contributed by atoms with Gasteiger partial charge in [-0.1, -0.05) is 0 Å². The molecule has 0 aliphatic carbocycles. The molecule has 2 rings (SSSR count). The Balaban J connectivity index is 2.06. The number of anilines is 1. The van der Waals surface area contributed by atoms with Gasteiger partial charge >= 0.3 is 0 Å². The van der Waals surface area contributed by atoms with Crippen molar-refractivity contribution in [3.05, 3.63) is 12.4 Å². The molecule has 2 N–H and O–H groups in total. The van der Waals surface area contributed by atoms with Crippen LogP contribution in [-0.2, 0) is 4.74 Å². The van der Waals surface area contributed by atoms with Gasteiger partial charge in [0.1, 0.15) is 0 Å². The molecule has 0 bridgehead atoms. The van der Waals surface area contributed by atoms with Crippen molar-refractivity contribution in [2.24, 2.45) is 0 Å². The zero-order valence-electron chi connectivity index (χ0n) is 9.85. The Bertz CT molecular complexity index is 349. The van der Waals surface area contributed by atoms with Gasteiger partial charge in [0.15, 0.2) is 5.75 Å². The Morgan fingerprint density at radius 3 is 2.59 bits per heavy atom. The molecule has 1 fully saturated rings. The van der Waals surface area contributed by atoms with Crippen LogP contribution in [0.1, 0.15) is 12.8 Å². The quantitative estimate of drug-likeness (QED) is 0.794. The largest absolute Gasteiger partial charge is 0.494 e. The van der Waals surface area contributed by atoms with Gasteiger partial charge in [0, 0.05) is 13.2 Å². The fourth-order valence-electron chi connectivity index (χ4n) is 1.81. The molecule has 0 atom stereocenters. The zero-order valence-corrected chi connectivity index (χ0v) is 9.85. The molecule has 0 aromatic carbocycles. The number of nitrogens with one attached hydrogen (secondary N) is 1. The van der Waals surface area contributed by atoms with E-state index in [9.17, 15) is 5.11 Å². The predicted octanol–water partition coefficient (Wildman–Crippen LogP) is 0.439. The van der Waals surface area contributed by atoms with E-state index in [0.29, 0.717) is 24.9 Å². The lowest BCUT2D eigenvalue weighted by atomic mass is 9.91. The maximum atomic E-state index is 9.51. The summed E-state index contributed by atoms with van der Waals surface area (Å²) in [5.74, 6) is 1.11. The van der Waals surface area contributed by atoms with Gasteiger partial charge in [-0.15, -0.1) is 0 Å². The minimum Gasteiger partial charge on any atom is -0.494 e. The van der Waals surface area contributed by atoms with Gasteiger partial charge in [0.05, 0.1) is 31.6 Å². The van der Waals surface area contributed by atoms with Crippen molar-refractivity contribution in [3.63, 3.8) is 0 Å². The van der Waals surface area contributed by atoms with Crippen LogP contribution in [0.2, 0.25) is 0 Å². The molecule has 1 aromatic rings. The summed E-state index contributed by atoms with van der Waals surface area (Å²) < 4.78 is 10.3. The molecule has 0 amide bonds. The molecule has 1 saturated heterocycles. The monoisotopic (exact) mass is 239 g/mol. The third kappa shape index (κ3) is 2.83. The number of methoxy groups -OCH3 is 1. The summed E-state index contributed by atoms with van der Waals surface area (Å²) in [4.78, 5) is 8.27. The Labute approximate surface area is 100.0 Å². The van der Waals surface area contributed by atoms with Crippen molar-refractivity contribution >= 4 is 5.95 Å². The Morgan fingerprint density at radius 1 is 1.41 bits per heavy atom. The molecule has 0 spiro atoms. The van der Waals surface area contributed by atoms with E-state index in [1.807, 2.05) is 0 Å². The third-order valence-electron chi connectivity index (χ3n) is 2.99. The van der Waals surface area contributed by atoms with Crippen molar-refractivity contribution in [3.8, 4) is 5.75 Å². The number of nitrogens with zero attached hydrogens (tertiary/aromatic N) is 2. The number of rotatable bonds is 4. The molecule has 0 saturated carbocycles. The van der Waals surface area contributed by atoms with Crippen LogP contribution < -0.4 is 10.1 Å². The van der Waals surface area contributed by atoms with Crippen LogP contribution >= 0.6 is 0 Å². The van der Waals surface area contributed by atoms with E-state index in [1.165, 1.54) is 0 Å². The highest BCUT2D eigenvalue weighted by Crippen LogP contribution is 2.24. The second-order valence-corrected chi connectivity index (χ2v) is 4.12. The lowest BCUT2D eigenvalue weighted by Crippen LogP contribution is -2.47. The lowest BCUT2D eigenvalue weighted by Gasteiger charge is -2.36. The fraction of sp³-hybridized carbons (Fsp3) is 0.636. The van der Waals surface area contributed by atoms with E-state index in [2.05, 4.69) is 15.3 Å². The SMILES string of the molecule is COc1cnc(NC2(CO)CCOCC2)nc1. The van der Waals surface area contributed by atoms with Crippen LogP contribution in [0.25, 0.3) is 0 Å². The zero-order chi connectivity index (χ0) is 12.1. The summed E-state index contributed by atoms with van der Waals surface area (Å²) in [5.41, 5.74) is -0.368. The van der Waals surface area contributed by atoms with Gasteiger partial charge in [-0.25, -0.2) is 9.97 Å². The lowest BCUT2D eigenvalue weighted by molar-refractivity contribution is 0.0377. The van der Waals surface area contributed by atoms with E-state index in [4.69, 9.17) is 9.47 Å². The number of aliphatic hydroxyl groups excluding tert-OH is 1. The van der Waals surface area contributed by atoms with E-state index in [-0.39, 0.29) is 12.1 Å². The van der Waals surface area contributed by atoms with Gasteiger partial charge in [0.25, 0.3) is 0 Å². The number of ether oxygens (including phenoxy) is 2. The molecule has 94 valence electrons. The first kappa shape index (κ1) is 12.1. The molecule has 1 aliphatic rings. The first-order valence-corrected chi connectivity index (χ1v) is 5.61. The molecule has 6 heteroatoms. The molecule has 0 unspecified atom stereocenters. The Morgan fingerprint density at radius 2 is 2.06 bits per heavy atom. The molecular weight excluding hydrogens is 222 g/mol. The molecule has 17 heavy (non-hydrogen) atoms. The third-order valence-corrected chi connectivity index (χ3v) is 2.99. The van der Waals surface area contributed by atoms with Crippen LogP contribution in [0.5, 0.6) is 5.75 Å². The second-order valence-electron chi connectivity index (χ2n) is 4.12. The molecule has 1 aliphatic heterocycles. The highest BCUT2D eigenvalue weighted by atomic mass is 16.5. The van der Waals surface area contributed by atoms with E-state index >= 15 is 0 Å². The van der Waals surface area contributed by atoms with Crippen LogP contribution in [-0.4, -0.2) is 47.5 Å². The molecule has 6 nitrogen and oxygen atoms in total. The first-order chi connectivity index (χ1) is 8.28. The normalized spacial score (nSPS) is 18.7. The maximum absolute atomic E-state index is 9.51. The van der Waals surface area contributed by atoms with Crippen molar-refractivity contribution in [2.75, 3.05) is 32.2 Å². The minimum absolute atomic E-state index is 0.0474. The van der Waals surface area contributed by atoms with E-state index in [0.717, 1.165) is 12.8 Å². The van der Waals surface area contributed by atoms with Gasteiger partial charge in [-0.2, -0.15) is 0 Å². The summed E-state index contributed by atoms with van der Waals surface area (Å²) in [7, 11) is 1.57. The minimum atomic E-state index is -0.368. The van der Waals surface area contributed by atoms with Crippen LogP contribution in [0, 0.1) is 0 Å². The van der Waals surface area contributed by atoms with Crippen molar-refractivity contribution in [1.82, 2.24) is 9.97 Å². The van der Waals surface area contributed by atoms with Crippen molar-refractivity contribution in [2.45, 2.75) is 18.4 Å². The van der Waals surface area contributed by atoms with E-state index in [1.54, 1.807) is 19.5 Å². The van der Waals surface area contributed by atoms with E-state index < -0.39 is 0 Å². The summed E-state index contributed by atoms with van der Waals surface area (Å²) in [5, 5.41) is 12.7. The number of hydrogen-bond acceptors (Lipinski definition) is 6. The number of aromatic nitrogens is 2. The Kier molecular flexibility index (Phi) is 3.75. The summed E-state index contributed by atoms with van der Waals surface area (Å²) in [6, 6.07) is 0. The fourth-order valence-corrected chi connectivity index (χ4v) is 1.81. The van der Waals surface area contributed by atoms with Crippen molar-refractivity contribution in [1.29, 1.82) is 0 Å². The Hall–Kier alpha value is -1.40. The smallest absolute Gasteiger partial charge is 0.223 e.